The Hall–Kier alpha value is -2.89. The van der Waals surface area contributed by atoms with Gasteiger partial charge in [0.25, 0.3) is 0 Å². The Kier molecular flexibility index (Phi) is 45.4. The van der Waals surface area contributed by atoms with Crippen LogP contribution in [0.25, 0.3) is 0 Å². The number of unbranched alkanes of at least 4 members (excludes halogenated alkanes) is 23. The summed E-state index contributed by atoms with van der Waals surface area (Å²) in [4.78, 5) is 37.8. The van der Waals surface area contributed by atoms with Gasteiger partial charge in [0, 0.05) is 19.3 Å². The Bertz CT molecular complexity index is 1090. The molecule has 0 fully saturated rings. The van der Waals surface area contributed by atoms with Gasteiger partial charge in [0.1, 0.15) is 13.2 Å². The maximum atomic E-state index is 12.7. The zero-order valence-electron chi connectivity index (χ0n) is 38.8. The number of esters is 3. The predicted molar refractivity (Wildman–Crippen MR) is 251 cm³/mol. The van der Waals surface area contributed by atoms with Crippen molar-refractivity contribution in [1.29, 1.82) is 0 Å². The van der Waals surface area contributed by atoms with Gasteiger partial charge >= 0.3 is 17.9 Å². The van der Waals surface area contributed by atoms with E-state index in [2.05, 4.69) is 81.5 Å². The van der Waals surface area contributed by atoms with Crippen LogP contribution in [-0.2, 0) is 28.6 Å². The first kappa shape index (κ1) is 56.1. The second-order valence-electron chi connectivity index (χ2n) is 16.4. The topological polar surface area (TPSA) is 78.9 Å². The lowest BCUT2D eigenvalue weighted by atomic mass is 10.1. The summed E-state index contributed by atoms with van der Waals surface area (Å²) < 4.78 is 16.7. The van der Waals surface area contributed by atoms with E-state index in [-0.39, 0.29) is 37.5 Å². The molecule has 0 aliphatic heterocycles. The molecule has 0 heterocycles. The fourth-order valence-corrected chi connectivity index (χ4v) is 6.72. The normalized spacial score (nSPS) is 12.5. The van der Waals surface area contributed by atoms with Crippen molar-refractivity contribution in [3.63, 3.8) is 0 Å². The maximum Gasteiger partial charge on any atom is 0.306 e. The third-order valence-electron chi connectivity index (χ3n) is 10.5. The van der Waals surface area contributed by atoms with E-state index in [0.29, 0.717) is 19.3 Å². The molecule has 0 amide bonds. The van der Waals surface area contributed by atoms with E-state index < -0.39 is 6.10 Å². The van der Waals surface area contributed by atoms with Crippen molar-refractivity contribution in [3.05, 3.63) is 60.8 Å². The molecule has 59 heavy (non-hydrogen) atoms. The number of carbonyl (C=O) groups is 3. The van der Waals surface area contributed by atoms with E-state index in [1.807, 2.05) is 0 Å². The summed E-state index contributed by atoms with van der Waals surface area (Å²) in [6.07, 6.45) is 57.8. The van der Waals surface area contributed by atoms with Gasteiger partial charge in [-0.2, -0.15) is 0 Å². The zero-order chi connectivity index (χ0) is 43.0. The minimum Gasteiger partial charge on any atom is -0.462 e. The van der Waals surface area contributed by atoms with Crippen LogP contribution in [0.4, 0.5) is 0 Å². The Morgan fingerprint density at radius 3 is 1.07 bits per heavy atom. The lowest BCUT2D eigenvalue weighted by molar-refractivity contribution is -0.167. The summed E-state index contributed by atoms with van der Waals surface area (Å²) >= 11 is 0. The van der Waals surface area contributed by atoms with Crippen LogP contribution in [0.15, 0.2) is 60.8 Å². The van der Waals surface area contributed by atoms with Crippen molar-refractivity contribution in [2.75, 3.05) is 13.2 Å². The summed E-state index contributed by atoms with van der Waals surface area (Å²) in [6.45, 7) is 6.53. The number of carbonyl (C=O) groups excluding carboxylic acids is 3. The van der Waals surface area contributed by atoms with Crippen LogP contribution in [0.5, 0.6) is 0 Å². The molecule has 0 spiro atoms. The van der Waals surface area contributed by atoms with Gasteiger partial charge in [-0.3, -0.25) is 14.4 Å². The summed E-state index contributed by atoms with van der Waals surface area (Å²) in [7, 11) is 0. The molecule has 1 atom stereocenters. The molecule has 0 aromatic rings. The van der Waals surface area contributed by atoms with Gasteiger partial charge in [-0.1, -0.05) is 197 Å². The van der Waals surface area contributed by atoms with E-state index in [0.717, 1.165) is 77.0 Å². The van der Waals surface area contributed by atoms with Crippen LogP contribution >= 0.6 is 0 Å². The minimum absolute atomic E-state index is 0.0932. The van der Waals surface area contributed by atoms with Gasteiger partial charge in [-0.15, -0.1) is 0 Å². The lowest BCUT2D eigenvalue weighted by Crippen LogP contribution is -2.30. The van der Waals surface area contributed by atoms with Crippen LogP contribution in [0.1, 0.15) is 239 Å². The number of ether oxygens (including phenoxy) is 3. The smallest absolute Gasteiger partial charge is 0.306 e. The van der Waals surface area contributed by atoms with Gasteiger partial charge in [0.05, 0.1) is 0 Å². The van der Waals surface area contributed by atoms with Gasteiger partial charge < -0.3 is 14.2 Å². The van der Waals surface area contributed by atoms with E-state index in [9.17, 15) is 14.4 Å². The van der Waals surface area contributed by atoms with Gasteiger partial charge in [-0.25, -0.2) is 0 Å². The second kappa shape index (κ2) is 47.8. The highest BCUT2D eigenvalue weighted by atomic mass is 16.6. The molecule has 0 aromatic heterocycles. The number of rotatable bonds is 44. The first-order valence-electron chi connectivity index (χ1n) is 24.8. The third kappa shape index (κ3) is 46.0. The highest BCUT2D eigenvalue weighted by Crippen LogP contribution is 2.14. The highest BCUT2D eigenvalue weighted by molar-refractivity contribution is 5.71. The summed E-state index contributed by atoms with van der Waals surface area (Å²) in [6, 6.07) is 0. The molecule has 0 aliphatic carbocycles. The molecule has 0 unspecified atom stereocenters. The van der Waals surface area contributed by atoms with Crippen molar-refractivity contribution in [2.45, 2.75) is 245 Å². The molecule has 0 radical (unpaired) electrons. The van der Waals surface area contributed by atoms with E-state index in [4.69, 9.17) is 14.2 Å². The summed E-state index contributed by atoms with van der Waals surface area (Å²) in [5, 5.41) is 0. The SMILES string of the molecule is CCCCC/C=C\C/C=C\C/C=C\C/C=C\CCCC(=O)OC[C@@H](COC(=O)CCCCCCCCCCCC)OC(=O)CCCCCCC/C=C\CCCCCCC. The molecule has 0 saturated carbocycles. The zero-order valence-corrected chi connectivity index (χ0v) is 38.8. The van der Waals surface area contributed by atoms with Gasteiger partial charge in [0.15, 0.2) is 6.10 Å². The average molecular weight is 825 g/mol. The lowest BCUT2D eigenvalue weighted by Gasteiger charge is -2.18. The molecule has 340 valence electrons. The molecule has 6 heteroatoms. The molecule has 0 aliphatic rings. The quantitative estimate of drug-likeness (QED) is 0.0263. The Balaban J connectivity index is 4.46. The van der Waals surface area contributed by atoms with Crippen molar-refractivity contribution in [1.82, 2.24) is 0 Å². The monoisotopic (exact) mass is 825 g/mol. The molecule has 0 N–H and O–H groups in total. The van der Waals surface area contributed by atoms with Crippen molar-refractivity contribution in [3.8, 4) is 0 Å². The first-order valence-corrected chi connectivity index (χ1v) is 24.8. The van der Waals surface area contributed by atoms with Crippen LogP contribution in [-0.4, -0.2) is 37.2 Å². The largest absolute Gasteiger partial charge is 0.462 e. The van der Waals surface area contributed by atoms with E-state index in [1.54, 1.807) is 0 Å². The second-order valence-corrected chi connectivity index (χ2v) is 16.4. The fourth-order valence-electron chi connectivity index (χ4n) is 6.72. The average Bonchev–Trinajstić information content (AvgIpc) is 3.23. The maximum absolute atomic E-state index is 12.7. The van der Waals surface area contributed by atoms with Gasteiger partial charge in [-0.05, 0) is 83.5 Å². The molecule has 0 saturated heterocycles. The van der Waals surface area contributed by atoms with Crippen LogP contribution in [0.3, 0.4) is 0 Å². The molecular formula is C53H92O6. The van der Waals surface area contributed by atoms with E-state index >= 15 is 0 Å². The number of allylic oxidation sites excluding steroid dienone is 10. The summed E-state index contributed by atoms with van der Waals surface area (Å²) in [5.74, 6) is -0.961. The molecule has 0 aromatic carbocycles. The Labute approximate surface area is 364 Å². The summed E-state index contributed by atoms with van der Waals surface area (Å²) in [5.41, 5.74) is 0. The van der Waals surface area contributed by atoms with Crippen molar-refractivity contribution < 1.29 is 28.6 Å². The standard InChI is InChI=1S/C53H92O6/c1-4-7-10-13-16-19-22-24-26-27-28-30-31-34-37-40-43-46-52(55)58-49-50(48-57-51(54)45-42-39-36-33-21-18-15-12-9-6-3)59-53(56)47-44-41-38-35-32-29-25-23-20-17-14-11-8-5-2/h16,19,23-26,28,30,34,37,50H,4-15,17-18,20-22,27,29,31-33,35-36,38-49H2,1-3H3/b19-16-,25-23-,26-24-,30-28-,37-34-/t50-/m1/s1. The van der Waals surface area contributed by atoms with Crippen LogP contribution in [0.2, 0.25) is 0 Å². The minimum atomic E-state index is -0.796. The van der Waals surface area contributed by atoms with Gasteiger partial charge in [0.2, 0.25) is 0 Å². The first-order chi connectivity index (χ1) is 29.0. The molecular weight excluding hydrogens is 733 g/mol. The number of hydrogen-bond acceptors (Lipinski definition) is 6. The fraction of sp³-hybridized carbons (Fsp3) is 0.755. The Morgan fingerprint density at radius 2 is 0.627 bits per heavy atom. The molecule has 6 nitrogen and oxygen atoms in total. The van der Waals surface area contributed by atoms with Crippen molar-refractivity contribution in [2.24, 2.45) is 0 Å². The molecule has 0 bridgehead atoms. The number of hydrogen-bond donors (Lipinski definition) is 0. The predicted octanol–water partition coefficient (Wildman–Crippen LogP) is 16.1. The Morgan fingerprint density at radius 1 is 0.339 bits per heavy atom. The van der Waals surface area contributed by atoms with Crippen LogP contribution in [0, 0.1) is 0 Å². The third-order valence-corrected chi connectivity index (χ3v) is 10.5. The van der Waals surface area contributed by atoms with Crippen molar-refractivity contribution >= 4 is 17.9 Å². The van der Waals surface area contributed by atoms with Crippen LogP contribution < -0.4 is 0 Å². The molecule has 0 rings (SSSR count). The van der Waals surface area contributed by atoms with E-state index in [1.165, 1.54) is 116 Å². The highest BCUT2D eigenvalue weighted by Gasteiger charge is 2.19.